The van der Waals surface area contributed by atoms with Crippen LogP contribution in [-0.4, -0.2) is 68.1 Å². The molecular formula is C19H28N6O3S. The summed E-state index contributed by atoms with van der Waals surface area (Å²) in [5, 5.41) is 7.35. The number of nitrogens with zero attached hydrogens (tertiary/aromatic N) is 4. The van der Waals surface area contributed by atoms with Crippen molar-refractivity contribution in [1.82, 2.24) is 24.7 Å². The zero-order chi connectivity index (χ0) is 20.7. The van der Waals surface area contributed by atoms with E-state index in [-0.39, 0.29) is 24.9 Å². The van der Waals surface area contributed by atoms with Crippen molar-refractivity contribution in [1.29, 1.82) is 0 Å². The van der Waals surface area contributed by atoms with E-state index in [4.69, 9.17) is 4.74 Å². The SMILES string of the molecule is CN=C(NCCS(=O)(=O)NCc1ccccc1)N1CCOC(c2cnn(C)c2)C1. The number of rotatable bonds is 7. The zero-order valence-corrected chi connectivity index (χ0v) is 17.6. The Labute approximate surface area is 171 Å². The van der Waals surface area contributed by atoms with Gasteiger partial charge < -0.3 is 15.0 Å². The Morgan fingerprint density at radius 3 is 2.83 bits per heavy atom. The summed E-state index contributed by atoms with van der Waals surface area (Å²) in [6.45, 7) is 2.44. The molecule has 1 aromatic carbocycles. The quantitative estimate of drug-likeness (QED) is 0.499. The van der Waals surface area contributed by atoms with Gasteiger partial charge in [-0.2, -0.15) is 5.10 Å². The highest BCUT2D eigenvalue weighted by Gasteiger charge is 2.25. The van der Waals surface area contributed by atoms with Gasteiger partial charge in [-0.15, -0.1) is 0 Å². The van der Waals surface area contributed by atoms with Crippen molar-refractivity contribution in [3.05, 3.63) is 53.9 Å². The minimum absolute atomic E-state index is 0.0325. The Hall–Kier alpha value is -2.43. The van der Waals surface area contributed by atoms with E-state index in [9.17, 15) is 8.42 Å². The van der Waals surface area contributed by atoms with Gasteiger partial charge in [0.05, 0.1) is 25.1 Å². The third-order valence-electron chi connectivity index (χ3n) is 4.67. The Balaban J connectivity index is 1.48. The number of hydrogen-bond donors (Lipinski definition) is 2. The van der Waals surface area contributed by atoms with Crippen LogP contribution in [0.2, 0.25) is 0 Å². The van der Waals surface area contributed by atoms with Crippen molar-refractivity contribution in [2.75, 3.05) is 39.0 Å². The number of sulfonamides is 1. The Morgan fingerprint density at radius 2 is 2.14 bits per heavy atom. The fourth-order valence-electron chi connectivity index (χ4n) is 3.14. The first-order chi connectivity index (χ1) is 14.0. The third-order valence-corrected chi connectivity index (χ3v) is 5.99. The van der Waals surface area contributed by atoms with E-state index >= 15 is 0 Å². The highest BCUT2D eigenvalue weighted by atomic mass is 32.2. The van der Waals surface area contributed by atoms with Gasteiger partial charge in [0.15, 0.2) is 5.96 Å². The first-order valence-corrected chi connectivity index (χ1v) is 11.2. The lowest BCUT2D eigenvalue weighted by Gasteiger charge is -2.34. The van der Waals surface area contributed by atoms with Crippen LogP contribution in [-0.2, 0) is 28.4 Å². The van der Waals surface area contributed by atoms with Crippen LogP contribution in [0.3, 0.4) is 0 Å². The van der Waals surface area contributed by atoms with Crippen LogP contribution in [0.1, 0.15) is 17.2 Å². The molecule has 1 aliphatic rings. The summed E-state index contributed by atoms with van der Waals surface area (Å²) in [6, 6.07) is 9.45. The monoisotopic (exact) mass is 420 g/mol. The van der Waals surface area contributed by atoms with Gasteiger partial charge in [-0.05, 0) is 5.56 Å². The van der Waals surface area contributed by atoms with Crippen molar-refractivity contribution < 1.29 is 13.2 Å². The second kappa shape index (κ2) is 9.86. The molecule has 1 aromatic heterocycles. The van der Waals surface area contributed by atoms with Gasteiger partial charge in [-0.25, -0.2) is 13.1 Å². The second-order valence-corrected chi connectivity index (χ2v) is 8.78. The number of aryl methyl sites for hydroxylation is 1. The van der Waals surface area contributed by atoms with Crippen molar-refractivity contribution >= 4 is 16.0 Å². The van der Waals surface area contributed by atoms with Crippen molar-refractivity contribution in [2.24, 2.45) is 12.0 Å². The molecule has 2 aromatic rings. The number of aliphatic imine (C=N–C) groups is 1. The summed E-state index contributed by atoms with van der Waals surface area (Å²) in [6.07, 6.45) is 3.65. The average molecular weight is 421 g/mol. The number of hydrogen-bond acceptors (Lipinski definition) is 5. The van der Waals surface area contributed by atoms with Gasteiger partial charge in [0.2, 0.25) is 10.0 Å². The molecule has 9 nitrogen and oxygen atoms in total. The molecule has 3 rings (SSSR count). The molecule has 0 radical (unpaired) electrons. The molecule has 1 atom stereocenters. The van der Waals surface area contributed by atoms with Crippen molar-refractivity contribution in [2.45, 2.75) is 12.6 Å². The molecule has 0 bridgehead atoms. The van der Waals surface area contributed by atoms with E-state index in [2.05, 4.69) is 25.0 Å². The van der Waals surface area contributed by atoms with Crippen LogP contribution in [0, 0.1) is 0 Å². The lowest BCUT2D eigenvalue weighted by molar-refractivity contribution is -0.00798. The summed E-state index contributed by atoms with van der Waals surface area (Å²) in [5.41, 5.74) is 1.94. The summed E-state index contributed by atoms with van der Waals surface area (Å²) >= 11 is 0. The molecule has 2 N–H and O–H groups in total. The fourth-order valence-corrected chi connectivity index (χ4v) is 4.04. The van der Waals surface area contributed by atoms with Gasteiger partial charge in [0, 0.05) is 45.5 Å². The number of guanidine groups is 1. The topological polar surface area (TPSA) is 101 Å². The highest BCUT2D eigenvalue weighted by Crippen LogP contribution is 2.21. The number of aromatic nitrogens is 2. The van der Waals surface area contributed by atoms with Crippen LogP contribution < -0.4 is 10.0 Å². The lowest BCUT2D eigenvalue weighted by Crippen LogP contribution is -2.49. The molecule has 158 valence electrons. The number of benzene rings is 1. The van der Waals surface area contributed by atoms with E-state index in [1.807, 2.05) is 43.6 Å². The van der Waals surface area contributed by atoms with Gasteiger partial charge in [0.25, 0.3) is 0 Å². The Bertz CT molecular complexity index is 913. The summed E-state index contributed by atoms with van der Waals surface area (Å²) < 4.78 is 34.7. The minimum Gasteiger partial charge on any atom is -0.370 e. The van der Waals surface area contributed by atoms with Crippen LogP contribution in [0.25, 0.3) is 0 Å². The highest BCUT2D eigenvalue weighted by molar-refractivity contribution is 7.89. The first kappa shape index (κ1) is 21.3. The van der Waals surface area contributed by atoms with Crippen LogP contribution >= 0.6 is 0 Å². The van der Waals surface area contributed by atoms with E-state index < -0.39 is 10.0 Å². The fraction of sp³-hybridized carbons (Fsp3) is 0.474. The average Bonchev–Trinajstić information content (AvgIpc) is 3.17. The molecule has 10 heteroatoms. The second-order valence-electron chi connectivity index (χ2n) is 6.85. The number of nitrogens with one attached hydrogen (secondary N) is 2. The van der Waals surface area contributed by atoms with Crippen LogP contribution in [0.4, 0.5) is 0 Å². The number of morpholine rings is 1. The molecule has 29 heavy (non-hydrogen) atoms. The first-order valence-electron chi connectivity index (χ1n) is 9.54. The molecule has 1 unspecified atom stereocenters. The van der Waals surface area contributed by atoms with Crippen molar-refractivity contribution in [3.63, 3.8) is 0 Å². The summed E-state index contributed by atoms with van der Waals surface area (Å²) in [7, 11) is 0.178. The van der Waals surface area contributed by atoms with Gasteiger partial charge >= 0.3 is 0 Å². The molecule has 1 saturated heterocycles. The zero-order valence-electron chi connectivity index (χ0n) is 16.8. The lowest BCUT2D eigenvalue weighted by atomic mass is 10.1. The molecule has 0 saturated carbocycles. The molecule has 1 aliphatic heterocycles. The Morgan fingerprint density at radius 1 is 1.34 bits per heavy atom. The number of ether oxygens (including phenoxy) is 1. The predicted molar refractivity (Wildman–Crippen MR) is 112 cm³/mol. The standard InChI is InChI=1S/C19H28N6O3S/c1-20-19(25-9-10-28-18(15-25)17-13-22-24(2)14-17)21-8-11-29(26,27)23-12-16-6-4-3-5-7-16/h3-7,13-14,18,23H,8-12,15H2,1-2H3,(H,20,21). The molecule has 0 aliphatic carbocycles. The maximum Gasteiger partial charge on any atom is 0.213 e. The van der Waals surface area contributed by atoms with Gasteiger partial charge in [-0.3, -0.25) is 9.67 Å². The molecule has 0 spiro atoms. The van der Waals surface area contributed by atoms with Gasteiger partial charge in [-0.1, -0.05) is 30.3 Å². The molecular weight excluding hydrogens is 392 g/mol. The van der Waals surface area contributed by atoms with E-state index in [1.54, 1.807) is 17.9 Å². The van der Waals surface area contributed by atoms with E-state index in [1.165, 1.54) is 0 Å². The van der Waals surface area contributed by atoms with E-state index in [0.717, 1.165) is 11.1 Å². The third kappa shape index (κ3) is 6.28. The van der Waals surface area contributed by atoms with Crippen LogP contribution in [0.5, 0.6) is 0 Å². The normalized spacial score (nSPS) is 18.1. The van der Waals surface area contributed by atoms with Crippen LogP contribution in [0.15, 0.2) is 47.7 Å². The maximum absolute atomic E-state index is 12.3. The maximum atomic E-state index is 12.3. The predicted octanol–water partition coefficient (Wildman–Crippen LogP) is 0.488. The molecule has 1 fully saturated rings. The summed E-state index contributed by atoms with van der Waals surface area (Å²) in [5.74, 6) is 0.635. The minimum atomic E-state index is -3.39. The van der Waals surface area contributed by atoms with Crippen molar-refractivity contribution in [3.8, 4) is 0 Å². The van der Waals surface area contributed by atoms with Gasteiger partial charge in [0.1, 0.15) is 6.10 Å². The summed E-state index contributed by atoms with van der Waals surface area (Å²) in [4.78, 5) is 6.37. The largest absolute Gasteiger partial charge is 0.370 e. The smallest absolute Gasteiger partial charge is 0.213 e. The Kier molecular flexibility index (Phi) is 7.24. The molecule has 2 heterocycles. The van der Waals surface area contributed by atoms with E-state index in [0.29, 0.717) is 25.7 Å². The molecule has 0 amide bonds.